The van der Waals surface area contributed by atoms with Gasteiger partial charge in [-0.2, -0.15) is 10.2 Å². The predicted octanol–water partition coefficient (Wildman–Crippen LogP) is 2.22. The number of fused-ring (bicyclic) bond motifs is 1. The standard InChI is InChI=1S/C18H24N6O/c1-11-10-15(16-14(4)22-23(5)17(16)20-11)18(25)19-7-6-8-24-13(3)9-12(2)21-24/h9-10H,6-8H2,1-5H3,(H,19,25). The minimum atomic E-state index is -0.0834. The Morgan fingerprint density at radius 2 is 1.88 bits per heavy atom. The fourth-order valence-corrected chi connectivity index (χ4v) is 3.18. The Morgan fingerprint density at radius 1 is 1.12 bits per heavy atom. The van der Waals surface area contributed by atoms with Gasteiger partial charge < -0.3 is 5.32 Å². The number of hydrogen-bond donors (Lipinski definition) is 1. The van der Waals surface area contributed by atoms with Crippen molar-refractivity contribution in [2.24, 2.45) is 7.05 Å². The Bertz CT molecular complexity index is 937. The molecule has 0 aliphatic rings. The minimum Gasteiger partial charge on any atom is -0.352 e. The highest BCUT2D eigenvalue weighted by molar-refractivity contribution is 6.06. The zero-order valence-corrected chi connectivity index (χ0v) is 15.4. The van der Waals surface area contributed by atoms with Gasteiger partial charge in [-0.3, -0.25) is 14.2 Å². The third-order valence-electron chi connectivity index (χ3n) is 4.28. The average Bonchev–Trinajstić information content (AvgIpc) is 3.01. The molecule has 7 heteroatoms. The molecular weight excluding hydrogens is 316 g/mol. The fourth-order valence-electron chi connectivity index (χ4n) is 3.18. The maximum Gasteiger partial charge on any atom is 0.252 e. The summed E-state index contributed by atoms with van der Waals surface area (Å²) >= 11 is 0. The van der Waals surface area contributed by atoms with Crippen molar-refractivity contribution in [1.82, 2.24) is 29.9 Å². The average molecular weight is 340 g/mol. The molecule has 1 N–H and O–H groups in total. The van der Waals surface area contributed by atoms with Gasteiger partial charge >= 0.3 is 0 Å². The Hall–Kier alpha value is -2.70. The largest absolute Gasteiger partial charge is 0.352 e. The van der Waals surface area contributed by atoms with Crippen LogP contribution in [0.4, 0.5) is 0 Å². The molecule has 3 rings (SSSR count). The Kier molecular flexibility index (Phi) is 4.57. The van der Waals surface area contributed by atoms with Crippen LogP contribution in [0.3, 0.4) is 0 Å². The lowest BCUT2D eigenvalue weighted by Crippen LogP contribution is -2.26. The Labute approximate surface area is 147 Å². The second-order valence-electron chi connectivity index (χ2n) is 6.48. The molecule has 0 atom stereocenters. The van der Waals surface area contributed by atoms with Gasteiger partial charge in [0.25, 0.3) is 5.91 Å². The minimum absolute atomic E-state index is 0.0834. The lowest BCUT2D eigenvalue weighted by atomic mass is 10.1. The monoisotopic (exact) mass is 340 g/mol. The van der Waals surface area contributed by atoms with E-state index >= 15 is 0 Å². The van der Waals surface area contributed by atoms with E-state index in [1.807, 2.05) is 45.5 Å². The number of nitrogens with zero attached hydrogens (tertiary/aromatic N) is 5. The molecular formula is C18H24N6O. The molecule has 3 aromatic heterocycles. The van der Waals surface area contributed by atoms with Crippen molar-refractivity contribution in [3.63, 3.8) is 0 Å². The molecule has 25 heavy (non-hydrogen) atoms. The van der Waals surface area contributed by atoms with Gasteiger partial charge in [0.2, 0.25) is 0 Å². The second kappa shape index (κ2) is 6.66. The van der Waals surface area contributed by atoms with Gasteiger partial charge in [0.15, 0.2) is 5.65 Å². The molecule has 3 aromatic rings. The van der Waals surface area contributed by atoms with Crippen LogP contribution in [0.15, 0.2) is 12.1 Å². The molecule has 0 saturated carbocycles. The Balaban J connectivity index is 1.69. The van der Waals surface area contributed by atoms with Crippen LogP contribution in [0.5, 0.6) is 0 Å². The van der Waals surface area contributed by atoms with Crippen molar-refractivity contribution < 1.29 is 4.79 Å². The molecule has 0 spiro atoms. The van der Waals surface area contributed by atoms with E-state index in [0.717, 1.165) is 46.8 Å². The smallest absolute Gasteiger partial charge is 0.252 e. The summed E-state index contributed by atoms with van der Waals surface area (Å²) in [5, 5.41) is 12.7. The molecule has 0 radical (unpaired) electrons. The maximum atomic E-state index is 12.7. The molecule has 7 nitrogen and oxygen atoms in total. The second-order valence-corrected chi connectivity index (χ2v) is 6.48. The van der Waals surface area contributed by atoms with Crippen LogP contribution < -0.4 is 5.32 Å². The SMILES string of the molecule is Cc1cc(C(=O)NCCCn2nc(C)cc2C)c2c(C)nn(C)c2n1. The number of rotatable bonds is 5. The topological polar surface area (TPSA) is 77.6 Å². The molecule has 1 amide bonds. The van der Waals surface area contributed by atoms with Gasteiger partial charge in [-0.1, -0.05) is 0 Å². The fraction of sp³-hybridized carbons (Fsp3) is 0.444. The van der Waals surface area contributed by atoms with Crippen molar-refractivity contribution in [3.8, 4) is 0 Å². The molecule has 3 heterocycles. The van der Waals surface area contributed by atoms with Crippen molar-refractivity contribution in [1.29, 1.82) is 0 Å². The first-order chi connectivity index (χ1) is 11.9. The number of pyridine rings is 1. The lowest BCUT2D eigenvalue weighted by molar-refractivity contribution is 0.0954. The van der Waals surface area contributed by atoms with E-state index in [2.05, 4.69) is 26.6 Å². The highest BCUT2D eigenvalue weighted by atomic mass is 16.1. The summed E-state index contributed by atoms with van der Waals surface area (Å²) in [5.41, 5.74) is 5.16. The number of nitrogens with one attached hydrogen (secondary N) is 1. The summed E-state index contributed by atoms with van der Waals surface area (Å²) in [6.07, 6.45) is 0.826. The van der Waals surface area contributed by atoms with Crippen LogP contribution in [0, 0.1) is 27.7 Å². The van der Waals surface area contributed by atoms with Gasteiger partial charge in [-0.25, -0.2) is 4.98 Å². The number of amides is 1. The van der Waals surface area contributed by atoms with E-state index < -0.39 is 0 Å². The van der Waals surface area contributed by atoms with Crippen LogP contribution in [-0.4, -0.2) is 37.0 Å². The molecule has 0 saturated heterocycles. The first-order valence-corrected chi connectivity index (χ1v) is 8.47. The van der Waals surface area contributed by atoms with Crippen molar-refractivity contribution in [2.45, 2.75) is 40.7 Å². The summed E-state index contributed by atoms with van der Waals surface area (Å²) in [6, 6.07) is 3.88. The van der Waals surface area contributed by atoms with Crippen LogP contribution in [-0.2, 0) is 13.6 Å². The molecule has 0 fully saturated rings. The van der Waals surface area contributed by atoms with E-state index in [1.54, 1.807) is 4.68 Å². The number of aromatic nitrogens is 5. The van der Waals surface area contributed by atoms with Gasteiger partial charge in [-0.05, 0) is 46.2 Å². The third-order valence-corrected chi connectivity index (χ3v) is 4.28. The highest BCUT2D eigenvalue weighted by Crippen LogP contribution is 2.21. The van der Waals surface area contributed by atoms with E-state index in [9.17, 15) is 4.79 Å². The van der Waals surface area contributed by atoms with E-state index in [4.69, 9.17) is 0 Å². The number of aryl methyl sites for hydroxylation is 6. The van der Waals surface area contributed by atoms with E-state index in [1.165, 1.54) is 0 Å². The summed E-state index contributed by atoms with van der Waals surface area (Å²) in [7, 11) is 1.85. The first-order valence-electron chi connectivity index (χ1n) is 8.47. The molecule has 0 aliphatic carbocycles. The van der Waals surface area contributed by atoms with Crippen molar-refractivity contribution in [2.75, 3.05) is 6.54 Å². The molecule has 0 aliphatic heterocycles. The molecule has 0 bridgehead atoms. The van der Waals surface area contributed by atoms with Crippen LogP contribution in [0.25, 0.3) is 11.0 Å². The predicted molar refractivity (Wildman–Crippen MR) is 96.6 cm³/mol. The van der Waals surface area contributed by atoms with E-state index in [0.29, 0.717) is 12.1 Å². The summed E-state index contributed by atoms with van der Waals surface area (Å²) in [5.74, 6) is -0.0834. The number of carbonyl (C=O) groups is 1. The highest BCUT2D eigenvalue weighted by Gasteiger charge is 2.17. The normalized spacial score (nSPS) is 11.2. The van der Waals surface area contributed by atoms with Gasteiger partial charge in [0.05, 0.1) is 22.3 Å². The van der Waals surface area contributed by atoms with Crippen molar-refractivity contribution in [3.05, 3.63) is 40.5 Å². The Morgan fingerprint density at radius 3 is 2.56 bits per heavy atom. The first kappa shape index (κ1) is 17.1. The third kappa shape index (κ3) is 3.40. The summed E-state index contributed by atoms with van der Waals surface area (Å²) < 4.78 is 3.69. The lowest BCUT2D eigenvalue weighted by Gasteiger charge is -2.08. The zero-order valence-electron chi connectivity index (χ0n) is 15.4. The molecule has 0 unspecified atom stereocenters. The van der Waals surface area contributed by atoms with Gasteiger partial charge in [0, 0.05) is 31.5 Å². The van der Waals surface area contributed by atoms with Gasteiger partial charge in [0.1, 0.15) is 0 Å². The van der Waals surface area contributed by atoms with Crippen LogP contribution >= 0.6 is 0 Å². The maximum absolute atomic E-state index is 12.7. The zero-order chi connectivity index (χ0) is 18.1. The quantitative estimate of drug-likeness (QED) is 0.723. The van der Waals surface area contributed by atoms with Crippen LogP contribution in [0.1, 0.15) is 39.6 Å². The van der Waals surface area contributed by atoms with Crippen molar-refractivity contribution >= 4 is 16.9 Å². The van der Waals surface area contributed by atoms with Crippen LogP contribution in [0.2, 0.25) is 0 Å². The van der Waals surface area contributed by atoms with Gasteiger partial charge in [-0.15, -0.1) is 0 Å². The molecule has 0 aromatic carbocycles. The number of carbonyl (C=O) groups excluding carboxylic acids is 1. The summed E-state index contributed by atoms with van der Waals surface area (Å²) in [4.78, 5) is 17.2. The van der Waals surface area contributed by atoms with E-state index in [-0.39, 0.29) is 5.91 Å². The molecule has 132 valence electrons. The summed E-state index contributed by atoms with van der Waals surface area (Å²) in [6.45, 7) is 9.20. The number of hydrogen-bond acceptors (Lipinski definition) is 4.